The lowest BCUT2D eigenvalue weighted by Gasteiger charge is -2.25. The van der Waals surface area contributed by atoms with Crippen LogP contribution in [0.15, 0.2) is 57.4 Å². The van der Waals surface area contributed by atoms with Crippen LogP contribution in [0.25, 0.3) is 0 Å². The van der Waals surface area contributed by atoms with E-state index in [0.29, 0.717) is 4.88 Å². The predicted molar refractivity (Wildman–Crippen MR) is 104 cm³/mol. The lowest BCUT2D eigenvalue weighted by atomic mass is 9.99. The average molecular weight is 408 g/mol. The summed E-state index contributed by atoms with van der Waals surface area (Å²) in [4.78, 5) is 0.605. The molecule has 1 unspecified atom stereocenters. The molecule has 0 saturated heterocycles. The Morgan fingerprint density at radius 2 is 1.96 bits per heavy atom. The minimum atomic E-state index is -3.93. The number of sulfonamides is 1. The van der Waals surface area contributed by atoms with Crippen LogP contribution in [0.4, 0.5) is 0 Å². The van der Waals surface area contributed by atoms with Gasteiger partial charge in [0.25, 0.3) is 0 Å². The quantitative estimate of drug-likeness (QED) is 0.628. The molecule has 0 aliphatic heterocycles. The Balaban J connectivity index is 1.95. The van der Waals surface area contributed by atoms with Crippen LogP contribution in [0.2, 0.25) is 0 Å². The summed E-state index contributed by atoms with van der Waals surface area (Å²) in [7, 11) is -2.51. The number of benzene rings is 1. The largest absolute Gasteiger partial charge is 0.495 e. The summed E-state index contributed by atoms with van der Waals surface area (Å²) in [5.74, 6) is 0.517. The highest BCUT2D eigenvalue weighted by Crippen LogP contribution is 2.34. The number of rotatable bonds is 7. The number of methoxy groups -OCH3 is 1. The number of thiophene rings is 1. The van der Waals surface area contributed by atoms with Gasteiger partial charge in [0.1, 0.15) is 16.4 Å². The lowest BCUT2D eigenvalue weighted by Crippen LogP contribution is -2.41. The molecule has 0 saturated carbocycles. The van der Waals surface area contributed by atoms with Crippen molar-refractivity contribution < 1.29 is 22.7 Å². The second-order valence-electron chi connectivity index (χ2n) is 6.23. The molecule has 0 amide bonds. The molecule has 0 radical (unpaired) electrons. The first-order valence-electron chi connectivity index (χ1n) is 8.23. The Morgan fingerprint density at radius 1 is 1.22 bits per heavy atom. The Morgan fingerprint density at radius 3 is 2.56 bits per heavy atom. The van der Waals surface area contributed by atoms with E-state index in [0.717, 1.165) is 11.1 Å². The van der Waals surface area contributed by atoms with Gasteiger partial charge in [0.05, 0.1) is 19.9 Å². The number of hydrogen-bond donors (Lipinski definition) is 2. The summed E-state index contributed by atoms with van der Waals surface area (Å²) < 4.78 is 39.0. The fourth-order valence-corrected chi connectivity index (χ4v) is 4.86. The first kappa shape index (κ1) is 19.6. The highest BCUT2D eigenvalue weighted by atomic mass is 32.2. The van der Waals surface area contributed by atoms with E-state index in [1.807, 2.05) is 19.2 Å². The third-order valence-corrected chi connectivity index (χ3v) is 6.89. The molecule has 6 nitrogen and oxygen atoms in total. The second kappa shape index (κ2) is 7.47. The standard InChI is InChI=1S/C19H21NO5S2/c1-13-10-15(24-3)16(11-14(13)2)27(22,23)20-12-19(21,17-6-4-8-25-17)18-7-5-9-26-18/h4-11,20-21H,12H2,1-3H3. The summed E-state index contributed by atoms with van der Waals surface area (Å²) in [6, 6.07) is 10.0. The Kier molecular flexibility index (Phi) is 5.43. The molecule has 2 aromatic heterocycles. The summed E-state index contributed by atoms with van der Waals surface area (Å²) in [5, 5.41) is 13.0. The summed E-state index contributed by atoms with van der Waals surface area (Å²) in [6.07, 6.45) is 1.44. The van der Waals surface area contributed by atoms with Crippen molar-refractivity contribution in [2.75, 3.05) is 13.7 Å². The van der Waals surface area contributed by atoms with Crippen molar-refractivity contribution in [1.29, 1.82) is 0 Å². The molecule has 0 aliphatic carbocycles. The van der Waals surface area contributed by atoms with Gasteiger partial charge in [-0.25, -0.2) is 13.1 Å². The van der Waals surface area contributed by atoms with Gasteiger partial charge in [-0.2, -0.15) is 0 Å². The van der Waals surface area contributed by atoms with Crippen molar-refractivity contribution in [1.82, 2.24) is 4.72 Å². The highest BCUT2D eigenvalue weighted by Gasteiger charge is 2.37. The molecule has 2 heterocycles. The van der Waals surface area contributed by atoms with Gasteiger partial charge < -0.3 is 14.3 Å². The van der Waals surface area contributed by atoms with Crippen molar-refractivity contribution >= 4 is 21.4 Å². The number of furan rings is 1. The lowest BCUT2D eigenvalue weighted by molar-refractivity contribution is 0.0655. The van der Waals surface area contributed by atoms with Gasteiger partial charge in [0, 0.05) is 4.88 Å². The summed E-state index contributed by atoms with van der Waals surface area (Å²) >= 11 is 1.32. The zero-order valence-corrected chi connectivity index (χ0v) is 16.9. The van der Waals surface area contributed by atoms with Gasteiger partial charge in [-0.05, 0) is 60.7 Å². The van der Waals surface area contributed by atoms with Gasteiger partial charge in [-0.15, -0.1) is 11.3 Å². The zero-order chi connectivity index (χ0) is 19.7. The van der Waals surface area contributed by atoms with Crippen molar-refractivity contribution in [3.63, 3.8) is 0 Å². The molecular formula is C19H21NO5S2. The van der Waals surface area contributed by atoms with Crippen LogP contribution < -0.4 is 9.46 Å². The van der Waals surface area contributed by atoms with Gasteiger partial charge >= 0.3 is 0 Å². The Bertz CT molecular complexity index is 975. The molecule has 2 N–H and O–H groups in total. The first-order valence-corrected chi connectivity index (χ1v) is 10.6. The van der Waals surface area contributed by atoms with Crippen molar-refractivity contribution in [3.05, 3.63) is 69.8 Å². The predicted octanol–water partition coefficient (Wildman–Crippen LogP) is 3.18. The van der Waals surface area contributed by atoms with Crippen LogP contribution in [0.3, 0.4) is 0 Å². The van der Waals surface area contributed by atoms with Crippen LogP contribution in [0.5, 0.6) is 5.75 Å². The number of aryl methyl sites for hydroxylation is 2. The highest BCUT2D eigenvalue weighted by molar-refractivity contribution is 7.89. The normalized spacial score (nSPS) is 14.1. The van der Waals surface area contributed by atoms with Crippen LogP contribution in [0.1, 0.15) is 21.8 Å². The third-order valence-electron chi connectivity index (χ3n) is 4.45. The van der Waals surface area contributed by atoms with Crippen LogP contribution in [0, 0.1) is 13.8 Å². The Hall–Kier alpha value is -2.13. The first-order chi connectivity index (χ1) is 12.8. The molecule has 1 atom stereocenters. The maximum absolute atomic E-state index is 12.9. The molecule has 1 aromatic carbocycles. The van der Waals surface area contributed by atoms with E-state index in [1.165, 1.54) is 24.7 Å². The van der Waals surface area contributed by atoms with Crippen LogP contribution >= 0.6 is 11.3 Å². The van der Waals surface area contributed by atoms with E-state index in [-0.39, 0.29) is 22.9 Å². The van der Waals surface area contributed by atoms with Gasteiger partial charge in [-0.3, -0.25) is 0 Å². The molecule has 3 aromatic rings. The smallest absolute Gasteiger partial charge is 0.244 e. The second-order valence-corrected chi connectivity index (χ2v) is 8.91. The molecular weight excluding hydrogens is 386 g/mol. The SMILES string of the molecule is COc1cc(C)c(C)cc1S(=O)(=O)NCC(O)(c1ccco1)c1cccs1. The van der Waals surface area contributed by atoms with E-state index in [4.69, 9.17) is 9.15 Å². The minimum Gasteiger partial charge on any atom is -0.495 e. The maximum Gasteiger partial charge on any atom is 0.244 e. The van der Waals surface area contributed by atoms with Crippen molar-refractivity contribution in [2.24, 2.45) is 0 Å². The van der Waals surface area contributed by atoms with Gasteiger partial charge in [0.2, 0.25) is 10.0 Å². The molecule has 0 fully saturated rings. The molecule has 3 rings (SSSR count). The number of ether oxygens (including phenoxy) is 1. The molecule has 8 heteroatoms. The molecule has 144 valence electrons. The summed E-state index contributed by atoms with van der Waals surface area (Å²) in [6.45, 7) is 3.44. The number of hydrogen-bond acceptors (Lipinski definition) is 6. The van der Waals surface area contributed by atoms with Crippen molar-refractivity contribution in [3.8, 4) is 5.75 Å². The van der Waals surface area contributed by atoms with E-state index in [1.54, 1.807) is 36.4 Å². The number of aliphatic hydroxyl groups is 1. The molecule has 0 bridgehead atoms. The van der Waals surface area contributed by atoms with Crippen LogP contribution in [-0.4, -0.2) is 27.2 Å². The van der Waals surface area contributed by atoms with E-state index < -0.39 is 15.6 Å². The zero-order valence-electron chi connectivity index (χ0n) is 15.2. The average Bonchev–Trinajstić information content (AvgIpc) is 3.35. The molecule has 0 aliphatic rings. The fraction of sp³-hybridized carbons (Fsp3) is 0.263. The Labute approximate surface area is 162 Å². The van der Waals surface area contributed by atoms with Gasteiger partial charge in [0.15, 0.2) is 5.60 Å². The maximum atomic E-state index is 12.9. The molecule has 0 spiro atoms. The topological polar surface area (TPSA) is 88.8 Å². The number of nitrogens with one attached hydrogen (secondary N) is 1. The summed E-state index contributed by atoms with van der Waals surface area (Å²) in [5.41, 5.74) is 0.143. The van der Waals surface area contributed by atoms with Crippen LogP contribution in [-0.2, 0) is 15.6 Å². The van der Waals surface area contributed by atoms with E-state index >= 15 is 0 Å². The van der Waals surface area contributed by atoms with Gasteiger partial charge in [-0.1, -0.05) is 6.07 Å². The van der Waals surface area contributed by atoms with E-state index in [2.05, 4.69) is 4.72 Å². The fourth-order valence-electron chi connectivity index (χ4n) is 2.73. The minimum absolute atomic E-state index is 0.0288. The molecule has 27 heavy (non-hydrogen) atoms. The van der Waals surface area contributed by atoms with Crippen molar-refractivity contribution in [2.45, 2.75) is 24.3 Å². The van der Waals surface area contributed by atoms with E-state index in [9.17, 15) is 13.5 Å². The third kappa shape index (κ3) is 3.79. The monoisotopic (exact) mass is 407 g/mol.